The first-order valence-electron chi connectivity index (χ1n) is 7.69. The van der Waals surface area contributed by atoms with E-state index in [1.807, 2.05) is 0 Å². The first-order valence-corrected chi connectivity index (χ1v) is 9.13. The van der Waals surface area contributed by atoms with Crippen LogP contribution in [0.4, 0.5) is 5.69 Å². The molecule has 1 heterocycles. The van der Waals surface area contributed by atoms with Crippen LogP contribution < -0.4 is 9.46 Å². The van der Waals surface area contributed by atoms with Gasteiger partial charge in [0.25, 0.3) is 5.91 Å². The Bertz CT molecular complexity index is 757. The minimum absolute atomic E-state index is 0.0159. The van der Waals surface area contributed by atoms with Crippen molar-refractivity contribution in [3.8, 4) is 5.75 Å². The Morgan fingerprint density at radius 3 is 2.48 bits per heavy atom. The molecule has 25 heavy (non-hydrogen) atoms. The summed E-state index contributed by atoms with van der Waals surface area (Å²) >= 11 is 0. The highest BCUT2D eigenvalue weighted by Crippen LogP contribution is 2.28. The van der Waals surface area contributed by atoms with Crippen LogP contribution in [0.25, 0.3) is 0 Å². The lowest BCUT2D eigenvalue weighted by molar-refractivity contribution is -0.130. The van der Waals surface area contributed by atoms with Gasteiger partial charge in [0.2, 0.25) is 0 Å². The highest BCUT2D eigenvalue weighted by Gasteiger charge is 2.26. The Balaban J connectivity index is 2.26. The van der Waals surface area contributed by atoms with Gasteiger partial charge in [0.05, 0.1) is 11.3 Å². The maximum atomic E-state index is 12.4. The van der Waals surface area contributed by atoms with Gasteiger partial charge in [0.15, 0.2) is 6.61 Å². The summed E-state index contributed by atoms with van der Waals surface area (Å²) < 4.78 is 33.8. The lowest BCUT2D eigenvalue weighted by Gasteiger charge is -2.19. The molecule has 2 N–H and O–H groups in total. The Kier molecular flexibility index (Phi) is 5.85. The van der Waals surface area contributed by atoms with E-state index in [-0.39, 0.29) is 29.5 Å². The number of amides is 1. The summed E-state index contributed by atoms with van der Waals surface area (Å²) in [5.74, 6) is -1.54. The number of nitrogens with zero attached hydrogens (tertiary/aromatic N) is 2. The standard InChI is InChI=1S/C15H21N3O6S/c1-17(2)14(19)10-24-13-9-11(15(20)21)5-6-12(13)16-25(22,23)18-7-3-4-8-18/h5-6,9,16H,3-4,7-8,10H2,1-2H3,(H,20,21). The predicted molar refractivity (Wildman–Crippen MR) is 90.9 cm³/mol. The zero-order chi connectivity index (χ0) is 18.6. The summed E-state index contributed by atoms with van der Waals surface area (Å²) in [6.07, 6.45) is 1.58. The molecule has 1 aromatic carbocycles. The number of carboxylic acids is 1. The molecule has 0 aliphatic carbocycles. The number of likely N-dealkylation sites (N-methyl/N-ethyl adjacent to an activating group) is 1. The number of benzene rings is 1. The molecule has 0 aromatic heterocycles. The number of carbonyl (C=O) groups excluding carboxylic acids is 1. The molecule has 1 aliphatic heterocycles. The maximum absolute atomic E-state index is 12.4. The fourth-order valence-electron chi connectivity index (χ4n) is 2.26. The molecule has 10 heteroatoms. The van der Waals surface area contributed by atoms with E-state index in [9.17, 15) is 18.0 Å². The van der Waals surface area contributed by atoms with E-state index < -0.39 is 16.2 Å². The SMILES string of the molecule is CN(C)C(=O)COc1cc(C(=O)O)ccc1NS(=O)(=O)N1CCCC1. The first kappa shape index (κ1) is 19.0. The molecule has 9 nitrogen and oxygen atoms in total. The average Bonchev–Trinajstić information content (AvgIpc) is 3.08. The first-order chi connectivity index (χ1) is 11.7. The van der Waals surface area contributed by atoms with Gasteiger partial charge in [0.1, 0.15) is 5.75 Å². The fraction of sp³-hybridized carbons (Fsp3) is 0.467. The molecule has 1 aromatic rings. The molecule has 1 aliphatic rings. The number of carbonyl (C=O) groups is 2. The number of hydrogen-bond donors (Lipinski definition) is 2. The van der Waals surface area contributed by atoms with Crippen LogP contribution in [0.5, 0.6) is 5.75 Å². The van der Waals surface area contributed by atoms with E-state index in [2.05, 4.69) is 4.72 Å². The van der Waals surface area contributed by atoms with Crippen molar-refractivity contribution < 1.29 is 27.9 Å². The van der Waals surface area contributed by atoms with Crippen LogP contribution in [0.2, 0.25) is 0 Å². The average molecular weight is 371 g/mol. The van der Waals surface area contributed by atoms with Gasteiger partial charge in [-0.2, -0.15) is 12.7 Å². The minimum atomic E-state index is -3.76. The summed E-state index contributed by atoms with van der Waals surface area (Å²) in [5, 5.41) is 9.09. The summed E-state index contributed by atoms with van der Waals surface area (Å²) in [7, 11) is -0.659. The van der Waals surface area contributed by atoms with E-state index in [0.29, 0.717) is 13.1 Å². The second-order valence-corrected chi connectivity index (χ2v) is 7.48. The van der Waals surface area contributed by atoms with Gasteiger partial charge in [-0.1, -0.05) is 0 Å². The van der Waals surface area contributed by atoms with Gasteiger partial charge in [-0.25, -0.2) is 4.79 Å². The minimum Gasteiger partial charge on any atom is -0.482 e. The molecule has 2 rings (SSSR count). The number of carboxylic acid groups (broad SMARTS) is 1. The van der Waals surface area contributed by atoms with E-state index >= 15 is 0 Å². The number of ether oxygens (including phenoxy) is 1. The van der Waals surface area contributed by atoms with Gasteiger partial charge < -0.3 is 14.7 Å². The maximum Gasteiger partial charge on any atom is 0.335 e. The zero-order valence-electron chi connectivity index (χ0n) is 14.1. The largest absolute Gasteiger partial charge is 0.482 e. The van der Waals surface area contributed by atoms with Crippen LogP contribution in [-0.4, -0.2) is 68.4 Å². The molecular formula is C15H21N3O6S. The molecule has 1 saturated heterocycles. The van der Waals surface area contributed by atoms with Crippen LogP contribution in [0, 0.1) is 0 Å². The smallest absolute Gasteiger partial charge is 0.335 e. The van der Waals surface area contributed by atoms with E-state index in [4.69, 9.17) is 9.84 Å². The quantitative estimate of drug-likeness (QED) is 0.725. The van der Waals surface area contributed by atoms with E-state index in [0.717, 1.165) is 12.8 Å². The Morgan fingerprint density at radius 1 is 1.28 bits per heavy atom. The second-order valence-electron chi connectivity index (χ2n) is 5.81. The Labute approximate surface area is 146 Å². The molecule has 0 bridgehead atoms. The van der Waals surface area contributed by atoms with Crippen LogP contribution in [0.15, 0.2) is 18.2 Å². The highest BCUT2D eigenvalue weighted by molar-refractivity contribution is 7.90. The summed E-state index contributed by atoms with van der Waals surface area (Å²) in [5.41, 5.74) is 0.0138. The molecule has 0 radical (unpaired) electrons. The lowest BCUT2D eigenvalue weighted by Crippen LogP contribution is -2.33. The van der Waals surface area contributed by atoms with Crippen LogP contribution >= 0.6 is 0 Å². The highest BCUT2D eigenvalue weighted by atomic mass is 32.2. The topological polar surface area (TPSA) is 116 Å². The summed E-state index contributed by atoms with van der Waals surface area (Å²) in [6, 6.07) is 3.77. The molecule has 138 valence electrons. The van der Waals surface area contributed by atoms with Crippen molar-refractivity contribution in [3.05, 3.63) is 23.8 Å². The van der Waals surface area contributed by atoms with E-state index in [1.165, 1.54) is 27.4 Å². The van der Waals surface area contributed by atoms with Crippen molar-refractivity contribution in [2.45, 2.75) is 12.8 Å². The molecule has 0 unspecified atom stereocenters. The predicted octanol–water partition coefficient (Wildman–Crippen LogP) is 0.604. The van der Waals surface area contributed by atoms with Crippen LogP contribution in [0.3, 0.4) is 0 Å². The van der Waals surface area contributed by atoms with Gasteiger partial charge >= 0.3 is 16.2 Å². The number of anilines is 1. The molecule has 0 spiro atoms. The molecular weight excluding hydrogens is 350 g/mol. The van der Waals surface area contributed by atoms with Gasteiger partial charge in [-0.15, -0.1) is 0 Å². The monoisotopic (exact) mass is 371 g/mol. The van der Waals surface area contributed by atoms with Crippen LogP contribution in [0.1, 0.15) is 23.2 Å². The third kappa shape index (κ3) is 4.83. The number of rotatable bonds is 7. The zero-order valence-corrected chi connectivity index (χ0v) is 14.9. The van der Waals surface area contributed by atoms with Crippen molar-refractivity contribution in [3.63, 3.8) is 0 Å². The number of aromatic carboxylic acids is 1. The molecule has 0 saturated carbocycles. The Morgan fingerprint density at radius 2 is 1.92 bits per heavy atom. The number of nitrogens with one attached hydrogen (secondary N) is 1. The summed E-state index contributed by atoms with van der Waals surface area (Å²) in [6.45, 7) is 0.518. The van der Waals surface area contributed by atoms with E-state index in [1.54, 1.807) is 14.1 Å². The Hall–Kier alpha value is -2.33. The van der Waals surface area contributed by atoms with Crippen molar-refractivity contribution in [1.29, 1.82) is 0 Å². The normalized spacial score (nSPS) is 15.0. The molecule has 0 atom stereocenters. The van der Waals surface area contributed by atoms with Crippen LogP contribution in [-0.2, 0) is 15.0 Å². The third-order valence-electron chi connectivity index (χ3n) is 3.72. The molecule has 1 amide bonds. The fourth-order valence-corrected chi connectivity index (χ4v) is 3.57. The van der Waals surface area contributed by atoms with Crippen molar-refractivity contribution in [1.82, 2.24) is 9.21 Å². The number of hydrogen-bond acceptors (Lipinski definition) is 5. The van der Waals surface area contributed by atoms with Crippen molar-refractivity contribution >= 4 is 27.8 Å². The van der Waals surface area contributed by atoms with Gasteiger partial charge in [-0.3, -0.25) is 9.52 Å². The van der Waals surface area contributed by atoms with Gasteiger partial charge in [-0.05, 0) is 31.0 Å². The lowest BCUT2D eigenvalue weighted by atomic mass is 10.2. The van der Waals surface area contributed by atoms with Crippen molar-refractivity contribution in [2.24, 2.45) is 0 Å². The summed E-state index contributed by atoms with van der Waals surface area (Å²) in [4.78, 5) is 24.1. The molecule has 1 fully saturated rings. The van der Waals surface area contributed by atoms with Crippen molar-refractivity contribution in [2.75, 3.05) is 38.5 Å². The second kappa shape index (κ2) is 7.70. The third-order valence-corrected chi connectivity index (χ3v) is 5.25. The van der Waals surface area contributed by atoms with Gasteiger partial charge in [0, 0.05) is 27.2 Å².